The van der Waals surface area contributed by atoms with Gasteiger partial charge in [0, 0.05) is 17.8 Å². The first-order chi connectivity index (χ1) is 16.2. The fraction of sp³-hybridized carbons (Fsp3) is 0.192. The molecule has 1 heterocycles. The van der Waals surface area contributed by atoms with Crippen molar-refractivity contribution >= 4 is 35.5 Å². The molecule has 34 heavy (non-hydrogen) atoms. The highest BCUT2D eigenvalue weighted by Crippen LogP contribution is 2.24. The summed E-state index contributed by atoms with van der Waals surface area (Å²) < 4.78 is 20.6. The summed E-state index contributed by atoms with van der Waals surface area (Å²) in [6.45, 7) is 5.73. The van der Waals surface area contributed by atoms with Gasteiger partial charge in [-0.25, -0.2) is 9.18 Å². The van der Waals surface area contributed by atoms with Gasteiger partial charge >= 0.3 is 6.09 Å². The number of halogens is 1. The highest BCUT2D eigenvalue weighted by Gasteiger charge is 2.18. The van der Waals surface area contributed by atoms with Crippen molar-refractivity contribution < 1.29 is 18.7 Å². The summed E-state index contributed by atoms with van der Waals surface area (Å²) in [5.74, 6) is -1.01. The lowest BCUT2D eigenvalue weighted by atomic mass is 10.2. The van der Waals surface area contributed by atoms with Gasteiger partial charge in [-0.2, -0.15) is 5.10 Å². The Bertz CT molecular complexity index is 1190. The van der Waals surface area contributed by atoms with Gasteiger partial charge in [0.1, 0.15) is 11.4 Å². The second-order valence-corrected chi connectivity index (χ2v) is 8.45. The number of ether oxygens (including phenoxy) is 1. The Morgan fingerprint density at radius 3 is 2.53 bits per heavy atom. The van der Waals surface area contributed by atoms with E-state index in [-0.39, 0.29) is 11.4 Å². The topological polar surface area (TPSA) is 85.2 Å². The molecule has 0 aliphatic carbocycles. The Kier molecular flexibility index (Phi) is 7.97. The number of nitrogens with zero attached hydrogens (tertiary/aromatic N) is 2. The quantitative estimate of drug-likeness (QED) is 0.439. The monoisotopic (exact) mass is 462 g/mol. The van der Waals surface area contributed by atoms with Crippen LogP contribution in [-0.4, -0.2) is 27.4 Å². The van der Waals surface area contributed by atoms with Gasteiger partial charge in [-0.15, -0.1) is 0 Å². The minimum atomic E-state index is -0.752. The zero-order chi connectivity index (χ0) is 24.6. The molecule has 0 aliphatic heterocycles. The zero-order valence-electron chi connectivity index (χ0n) is 19.3. The van der Waals surface area contributed by atoms with E-state index in [0.29, 0.717) is 6.54 Å². The van der Waals surface area contributed by atoms with E-state index in [0.717, 1.165) is 17.2 Å². The first-order valence-corrected chi connectivity index (χ1v) is 10.7. The van der Waals surface area contributed by atoms with E-state index in [9.17, 15) is 14.0 Å². The number of hydrogen-bond donors (Lipinski definition) is 2. The van der Waals surface area contributed by atoms with Gasteiger partial charge in [-0.3, -0.25) is 14.8 Å². The second kappa shape index (κ2) is 11.1. The smallest absolute Gasteiger partial charge is 0.412 e. The number of allylic oxidation sites excluding steroid dienone is 1. The maximum Gasteiger partial charge on any atom is 0.412 e. The molecule has 0 unspecified atom stereocenters. The molecule has 8 heteroatoms. The molecule has 2 aromatic carbocycles. The Morgan fingerprint density at radius 1 is 1.03 bits per heavy atom. The summed E-state index contributed by atoms with van der Waals surface area (Å²) in [5.41, 5.74) is 1.46. The van der Waals surface area contributed by atoms with Crippen molar-refractivity contribution in [3.8, 4) is 0 Å². The summed E-state index contributed by atoms with van der Waals surface area (Å²) in [7, 11) is 0. The van der Waals surface area contributed by atoms with Crippen molar-refractivity contribution in [2.75, 3.05) is 10.6 Å². The number of rotatable bonds is 7. The summed E-state index contributed by atoms with van der Waals surface area (Å²) >= 11 is 0. The highest BCUT2D eigenvalue weighted by atomic mass is 19.1. The lowest BCUT2D eigenvalue weighted by molar-refractivity contribution is -0.111. The molecule has 2 N–H and O–H groups in total. The van der Waals surface area contributed by atoms with Gasteiger partial charge in [0.25, 0.3) is 0 Å². The summed E-state index contributed by atoms with van der Waals surface area (Å²) in [5, 5.41) is 9.37. The average molecular weight is 463 g/mol. The van der Waals surface area contributed by atoms with E-state index in [1.165, 1.54) is 18.2 Å². The molecule has 2 amide bonds. The van der Waals surface area contributed by atoms with Crippen LogP contribution in [0.3, 0.4) is 0 Å². The van der Waals surface area contributed by atoms with Gasteiger partial charge in [0.15, 0.2) is 0 Å². The number of aromatic nitrogens is 2. The Balaban J connectivity index is 1.59. The fourth-order valence-electron chi connectivity index (χ4n) is 2.92. The first-order valence-electron chi connectivity index (χ1n) is 10.7. The van der Waals surface area contributed by atoms with Crippen LogP contribution in [0.1, 0.15) is 31.9 Å². The largest absolute Gasteiger partial charge is 0.444 e. The molecule has 3 rings (SSSR count). The molecule has 0 spiro atoms. The van der Waals surface area contributed by atoms with E-state index in [1.807, 2.05) is 48.7 Å². The molecule has 0 aliphatic rings. The number of carbonyl (C=O) groups excluding carboxylic acids is 2. The predicted octanol–water partition coefficient (Wildman–Crippen LogP) is 5.73. The van der Waals surface area contributed by atoms with Crippen molar-refractivity contribution in [3.63, 3.8) is 0 Å². The van der Waals surface area contributed by atoms with Crippen molar-refractivity contribution in [3.05, 3.63) is 90.0 Å². The number of nitrogens with one attached hydrogen (secondary N) is 2. The summed E-state index contributed by atoms with van der Waals surface area (Å²) in [6.07, 6.45) is 9.66. The Labute approximate surface area is 197 Å². The van der Waals surface area contributed by atoms with Crippen molar-refractivity contribution in [2.45, 2.75) is 32.9 Å². The Morgan fingerprint density at radius 2 is 1.79 bits per heavy atom. The molecule has 0 radical (unpaired) electrons. The van der Waals surface area contributed by atoms with Crippen LogP contribution >= 0.6 is 0 Å². The van der Waals surface area contributed by atoms with Crippen LogP contribution in [0, 0.1) is 5.82 Å². The van der Waals surface area contributed by atoms with Crippen LogP contribution < -0.4 is 10.6 Å². The second-order valence-electron chi connectivity index (χ2n) is 8.45. The molecule has 0 bridgehead atoms. The maximum absolute atomic E-state index is 13.7. The normalized spacial score (nSPS) is 11.6. The molecule has 3 aromatic rings. The van der Waals surface area contributed by atoms with E-state index in [2.05, 4.69) is 15.7 Å². The third-order valence-corrected chi connectivity index (χ3v) is 4.36. The van der Waals surface area contributed by atoms with E-state index in [4.69, 9.17) is 4.74 Å². The molecule has 7 nitrogen and oxygen atoms in total. The number of hydrogen-bond acceptors (Lipinski definition) is 4. The molecular formula is C26H27FN4O3. The van der Waals surface area contributed by atoms with Crippen molar-refractivity contribution in [1.82, 2.24) is 9.78 Å². The third-order valence-electron chi connectivity index (χ3n) is 4.36. The molecular weight excluding hydrogens is 435 g/mol. The van der Waals surface area contributed by atoms with Gasteiger partial charge in [0.05, 0.1) is 24.1 Å². The molecule has 0 fully saturated rings. The Hall–Kier alpha value is -4.20. The number of benzene rings is 2. The number of anilines is 2. The SMILES string of the molecule is CC(C)(C)OC(=O)Nc1cc(F)ccc1NC(=O)C=Cc1cnn(CC=Cc2ccccc2)c1. The van der Waals surface area contributed by atoms with Gasteiger partial charge < -0.3 is 10.1 Å². The van der Waals surface area contributed by atoms with Crippen LogP contribution in [0.2, 0.25) is 0 Å². The predicted molar refractivity (Wildman–Crippen MR) is 132 cm³/mol. The van der Waals surface area contributed by atoms with Crippen molar-refractivity contribution in [1.29, 1.82) is 0 Å². The lowest BCUT2D eigenvalue weighted by Crippen LogP contribution is -2.27. The fourth-order valence-corrected chi connectivity index (χ4v) is 2.92. The van der Waals surface area contributed by atoms with Crippen molar-refractivity contribution in [2.24, 2.45) is 0 Å². The minimum Gasteiger partial charge on any atom is -0.444 e. The third kappa shape index (κ3) is 8.05. The molecule has 0 saturated heterocycles. The van der Waals surface area contributed by atoms with Crippen LogP contribution in [0.5, 0.6) is 0 Å². The molecule has 176 valence electrons. The number of amides is 2. The average Bonchev–Trinajstić information content (AvgIpc) is 3.21. The standard InChI is InChI=1S/C26H27FN4O3/c1-26(2,3)34-25(33)30-23-16-21(27)12-13-22(23)29-24(32)14-11-20-17-28-31(18-20)15-7-10-19-8-5-4-6-9-19/h4-14,16-18H,15H2,1-3H3,(H,29,32)(H,30,33). The van der Waals surface area contributed by atoms with Crippen LogP contribution in [0.4, 0.5) is 20.6 Å². The van der Waals surface area contributed by atoms with Crippen LogP contribution in [-0.2, 0) is 16.1 Å². The molecule has 0 saturated carbocycles. The summed E-state index contributed by atoms with van der Waals surface area (Å²) in [6, 6.07) is 13.6. The first kappa shape index (κ1) is 24.4. The number of carbonyl (C=O) groups is 2. The van der Waals surface area contributed by atoms with Crippen LogP contribution in [0.15, 0.2) is 73.1 Å². The van der Waals surface area contributed by atoms with E-state index in [1.54, 1.807) is 37.7 Å². The minimum absolute atomic E-state index is 0.0917. The van der Waals surface area contributed by atoms with Gasteiger partial charge in [0.2, 0.25) is 5.91 Å². The highest BCUT2D eigenvalue weighted by molar-refractivity contribution is 6.04. The van der Waals surface area contributed by atoms with Gasteiger partial charge in [-0.1, -0.05) is 42.5 Å². The molecule has 0 atom stereocenters. The zero-order valence-corrected chi connectivity index (χ0v) is 19.3. The summed E-state index contributed by atoms with van der Waals surface area (Å²) in [4.78, 5) is 24.4. The lowest BCUT2D eigenvalue weighted by Gasteiger charge is -2.20. The van der Waals surface area contributed by atoms with Gasteiger partial charge in [-0.05, 0) is 50.6 Å². The van der Waals surface area contributed by atoms with E-state index < -0.39 is 23.4 Å². The maximum atomic E-state index is 13.7. The van der Waals surface area contributed by atoms with Crippen LogP contribution in [0.25, 0.3) is 12.2 Å². The molecule has 1 aromatic heterocycles. The van der Waals surface area contributed by atoms with E-state index >= 15 is 0 Å².